The van der Waals surface area contributed by atoms with Gasteiger partial charge >= 0.3 is 5.97 Å². The first-order valence-corrected chi connectivity index (χ1v) is 4.81. The highest BCUT2D eigenvalue weighted by molar-refractivity contribution is 7.11. The number of hydrogen-bond acceptors (Lipinski definition) is 4. The van der Waals surface area contributed by atoms with Crippen LogP contribution in [0.5, 0.6) is 0 Å². The molecular formula is C10H9NO2S. The Morgan fingerprint density at radius 2 is 2.36 bits per heavy atom. The molecule has 0 unspecified atom stereocenters. The fourth-order valence-electron chi connectivity index (χ4n) is 1.000. The first-order valence-electron chi connectivity index (χ1n) is 3.94. The minimum Gasteiger partial charge on any atom is -0.465 e. The molecule has 1 aromatic rings. The fraction of sp³-hybridized carbons (Fsp3) is 0.200. The summed E-state index contributed by atoms with van der Waals surface area (Å²) in [7, 11) is 1.27. The summed E-state index contributed by atoms with van der Waals surface area (Å²) in [6, 6.07) is 5.58. The molecule has 0 saturated heterocycles. The molecule has 0 aromatic carbocycles. The quantitative estimate of drug-likeness (QED) is 0.424. The highest BCUT2D eigenvalue weighted by atomic mass is 32.1. The number of esters is 1. The summed E-state index contributed by atoms with van der Waals surface area (Å²) < 4.78 is 4.51. The van der Waals surface area contributed by atoms with Gasteiger partial charge in [-0.1, -0.05) is 6.07 Å². The van der Waals surface area contributed by atoms with Crippen molar-refractivity contribution in [1.29, 1.82) is 5.26 Å². The van der Waals surface area contributed by atoms with Gasteiger partial charge in [0.15, 0.2) is 0 Å². The van der Waals surface area contributed by atoms with Gasteiger partial charge in [-0.3, -0.25) is 0 Å². The van der Waals surface area contributed by atoms with E-state index < -0.39 is 5.97 Å². The van der Waals surface area contributed by atoms with E-state index in [0.29, 0.717) is 5.57 Å². The monoisotopic (exact) mass is 207 g/mol. The lowest BCUT2D eigenvalue weighted by Crippen LogP contribution is -2.04. The van der Waals surface area contributed by atoms with Crippen molar-refractivity contribution in [2.75, 3.05) is 7.11 Å². The van der Waals surface area contributed by atoms with Crippen molar-refractivity contribution in [3.8, 4) is 6.07 Å². The van der Waals surface area contributed by atoms with Crippen LogP contribution in [0.4, 0.5) is 0 Å². The number of carbonyl (C=O) groups is 1. The molecule has 0 N–H and O–H groups in total. The number of hydrogen-bond donors (Lipinski definition) is 0. The number of thiophene rings is 1. The molecule has 3 nitrogen and oxygen atoms in total. The SMILES string of the molecule is COC(=O)/C(C#N)=C(/C)c1cccs1. The minimum atomic E-state index is -0.585. The lowest BCUT2D eigenvalue weighted by molar-refractivity contribution is -0.135. The largest absolute Gasteiger partial charge is 0.465 e. The van der Waals surface area contributed by atoms with Gasteiger partial charge in [0.1, 0.15) is 11.6 Å². The number of carbonyl (C=O) groups excluding carboxylic acids is 1. The van der Waals surface area contributed by atoms with E-state index in [1.54, 1.807) is 6.92 Å². The van der Waals surface area contributed by atoms with Crippen molar-refractivity contribution in [2.45, 2.75) is 6.92 Å². The molecule has 0 bridgehead atoms. The van der Waals surface area contributed by atoms with Crippen LogP contribution in [0.15, 0.2) is 23.1 Å². The first kappa shape index (κ1) is 10.5. The van der Waals surface area contributed by atoms with Gasteiger partial charge in [-0.25, -0.2) is 4.79 Å². The smallest absolute Gasteiger partial charge is 0.348 e. The Bertz CT molecular complexity index is 398. The van der Waals surface area contributed by atoms with Gasteiger partial charge < -0.3 is 4.74 Å². The summed E-state index contributed by atoms with van der Waals surface area (Å²) >= 11 is 1.49. The van der Waals surface area contributed by atoms with Gasteiger partial charge in [-0.2, -0.15) is 5.26 Å². The van der Waals surface area contributed by atoms with Crippen LogP contribution in [0.1, 0.15) is 11.8 Å². The van der Waals surface area contributed by atoms with Gasteiger partial charge in [0, 0.05) is 4.88 Å². The summed E-state index contributed by atoms with van der Waals surface area (Å²) in [5, 5.41) is 10.7. The molecule has 0 saturated carbocycles. The molecule has 14 heavy (non-hydrogen) atoms. The molecule has 1 rings (SSSR count). The summed E-state index contributed by atoms with van der Waals surface area (Å²) in [6.07, 6.45) is 0. The third kappa shape index (κ3) is 2.01. The molecule has 0 radical (unpaired) electrons. The van der Waals surface area contributed by atoms with Crippen molar-refractivity contribution in [3.05, 3.63) is 28.0 Å². The maximum atomic E-state index is 11.2. The average molecular weight is 207 g/mol. The highest BCUT2D eigenvalue weighted by Crippen LogP contribution is 2.23. The Hall–Kier alpha value is -1.60. The highest BCUT2D eigenvalue weighted by Gasteiger charge is 2.14. The zero-order chi connectivity index (χ0) is 10.6. The molecule has 4 heteroatoms. The molecule has 0 amide bonds. The first-order chi connectivity index (χ1) is 6.70. The van der Waals surface area contributed by atoms with E-state index in [1.165, 1.54) is 18.4 Å². The van der Waals surface area contributed by atoms with Gasteiger partial charge in [-0.15, -0.1) is 11.3 Å². The third-order valence-electron chi connectivity index (χ3n) is 1.77. The van der Waals surface area contributed by atoms with Crippen LogP contribution in [-0.4, -0.2) is 13.1 Å². The van der Waals surface area contributed by atoms with Crippen molar-refractivity contribution in [2.24, 2.45) is 0 Å². The number of ether oxygens (including phenoxy) is 1. The number of methoxy groups -OCH3 is 1. The predicted molar refractivity (Wildman–Crippen MR) is 54.5 cm³/mol. The lowest BCUT2D eigenvalue weighted by Gasteiger charge is -2.00. The molecule has 1 heterocycles. The molecular weight excluding hydrogens is 198 g/mol. The van der Waals surface area contributed by atoms with Gasteiger partial charge in [0.25, 0.3) is 0 Å². The lowest BCUT2D eigenvalue weighted by atomic mass is 10.1. The normalized spacial score (nSPS) is 11.5. The maximum absolute atomic E-state index is 11.2. The second-order valence-corrected chi connectivity index (χ2v) is 3.53. The molecule has 0 atom stereocenters. The molecule has 0 fully saturated rings. The number of allylic oxidation sites excluding steroid dienone is 1. The van der Waals surface area contributed by atoms with E-state index in [1.807, 2.05) is 23.6 Å². The molecule has 1 aromatic heterocycles. The van der Waals surface area contributed by atoms with Crippen LogP contribution in [0, 0.1) is 11.3 Å². The Balaban J connectivity index is 3.15. The van der Waals surface area contributed by atoms with Crippen LogP contribution in [-0.2, 0) is 9.53 Å². The zero-order valence-corrected chi connectivity index (χ0v) is 8.72. The second kappa shape index (κ2) is 4.58. The summed E-state index contributed by atoms with van der Waals surface area (Å²) in [6.45, 7) is 1.74. The third-order valence-corrected chi connectivity index (χ3v) is 2.76. The minimum absolute atomic E-state index is 0.0648. The number of nitriles is 1. The van der Waals surface area contributed by atoms with Crippen molar-refractivity contribution >= 4 is 22.9 Å². The van der Waals surface area contributed by atoms with Crippen LogP contribution >= 0.6 is 11.3 Å². The molecule has 0 aliphatic carbocycles. The summed E-state index contributed by atoms with van der Waals surface area (Å²) in [5.41, 5.74) is 0.726. The van der Waals surface area contributed by atoms with Crippen LogP contribution in [0.25, 0.3) is 5.57 Å². The standard InChI is InChI=1S/C10H9NO2S/c1-7(9-4-3-5-14-9)8(6-11)10(12)13-2/h3-5H,1-2H3/b8-7-. The van der Waals surface area contributed by atoms with E-state index >= 15 is 0 Å². The summed E-state index contributed by atoms with van der Waals surface area (Å²) in [4.78, 5) is 12.1. The fourth-order valence-corrected chi connectivity index (χ4v) is 1.74. The summed E-state index contributed by atoms with van der Waals surface area (Å²) in [5.74, 6) is -0.585. The molecule has 0 spiro atoms. The Labute approximate surface area is 86.2 Å². The van der Waals surface area contributed by atoms with E-state index in [2.05, 4.69) is 4.74 Å². The van der Waals surface area contributed by atoms with E-state index in [-0.39, 0.29) is 5.57 Å². The van der Waals surface area contributed by atoms with E-state index in [0.717, 1.165) is 4.88 Å². The zero-order valence-electron chi connectivity index (χ0n) is 7.90. The van der Waals surface area contributed by atoms with E-state index in [4.69, 9.17) is 5.26 Å². The predicted octanol–water partition coefficient (Wildman–Crippen LogP) is 2.22. The van der Waals surface area contributed by atoms with Gasteiger partial charge in [-0.05, 0) is 23.9 Å². The molecule has 0 aliphatic heterocycles. The number of rotatable bonds is 2. The molecule has 72 valence electrons. The van der Waals surface area contributed by atoms with Gasteiger partial charge in [0.05, 0.1) is 7.11 Å². The Kier molecular flexibility index (Phi) is 3.43. The van der Waals surface area contributed by atoms with Crippen molar-refractivity contribution in [1.82, 2.24) is 0 Å². The van der Waals surface area contributed by atoms with E-state index in [9.17, 15) is 4.79 Å². The van der Waals surface area contributed by atoms with Crippen LogP contribution < -0.4 is 0 Å². The topological polar surface area (TPSA) is 50.1 Å². The maximum Gasteiger partial charge on any atom is 0.348 e. The van der Waals surface area contributed by atoms with Crippen molar-refractivity contribution < 1.29 is 9.53 Å². The Morgan fingerprint density at radius 1 is 1.64 bits per heavy atom. The van der Waals surface area contributed by atoms with Crippen LogP contribution in [0.3, 0.4) is 0 Å². The van der Waals surface area contributed by atoms with Gasteiger partial charge in [0.2, 0.25) is 0 Å². The van der Waals surface area contributed by atoms with Crippen molar-refractivity contribution in [3.63, 3.8) is 0 Å². The second-order valence-electron chi connectivity index (χ2n) is 2.58. The number of nitrogens with zero attached hydrogens (tertiary/aromatic N) is 1. The van der Waals surface area contributed by atoms with Crippen LogP contribution in [0.2, 0.25) is 0 Å². The Morgan fingerprint density at radius 3 is 2.79 bits per heavy atom. The molecule has 0 aliphatic rings. The average Bonchev–Trinajstić information content (AvgIpc) is 2.71.